The summed E-state index contributed by atoms with van der Waals surface area (Å²) in [7, 11) is 1.37. The molecule has 6 nitrogen and oxygen atoms in total. The van der Waals surface area contributed by atoms with Gasteiger partial charge in [0.15, 0.2) is 0 Å². The summed E-state index contributed by atoms with van der Waals surface area (Å²) >= 11 is 0. The average molecular weight is 334 g/mol. The molecule has 0 aliphatic carbocycles. The molecule has 1 aromatic rings. The highest BCUT2D eigenvalue weighted by Crippen LogP contribution is 2.29. The van der Waals surface area contributed by atoms with Crippen molar-refractivity contribution in [3.05, 3.63) is 30.1 Å². The van der Waals surface area contributed by atoms with Crippen molar-refractivity contribution in [1.82, 2.24) is 4.90 Å². The molecule has 0 spiro atoms. The number of esters is 1. The Hall–Kier alpha value is -2.28. The van der Waals surface area contributed by atoms with Gasteiger partial charge in [0.05, 0.1) is 31.2 Å². The third-order valence-corrected chi connectivity index (χ3v) is 4.71. The van der Waals surface area contributed by atoms with E-state index >= 15 is 0 Å². The third-order valence-electron chi connectivity index (χ3n) is 4.71. The summed E-state index contributed by atoms with van der Waals surface area (Å²) < 4.78 is 17.8. The van der Waals surface area contributed by atoms with Gasteiger partial charge in [0.25, 0.3) is 5.91 Å². The first-order chi connectivity index (χ1) is 11.5. The smallest absolute Gasteiger partial charge is 0.308 e. The van der Waals surface area contributed by atoms with Crippen molar-refractivity contribution in [2.45, 2.75) is 25.3 Å². The van der Waals surface area contributed by atoms with Crippen LogP contribution in [-0.4, -0.2) is 48.9 Å². The van der Waals surface area contributed by atoms with Crippen molar-refractivity contribution in [2.75, 3.05) is 25.1 Å². The Bertz CT molecular complexity index is 653. The van der Waals surface area contributed by atoms with Gasteiger partial charge in [-0.3, -0.25) is 19.3 Å². The van der Waals surface area contributed by atoms with Crippen LogP contribution >= 0.6 is 0 Å². The van der Waals surface area contributed by atoms with Gasteiger partial charge in [-0.05, 0) is 50.2 Å². The molecule has 1 aromatic carbocycles. The Kier molecular flexibility index (Phi) is 4.62. The lowest BCUT2D eigenvalue weighted by molar-refractivity contribution is -0.147. The van der Waals surface area contributed by atoms with Crippen LogP contribution in [0, 0.1) is 11.7 Å². The van der Waals surface area contributed by atoms with Crippen LogP contribution in [0.15, 0.2) is 24.3 Å². The molecule has 0 saturated carbocycles. The van der Waals surface area contributed by atoms with Gasteiger partial charge < -0.3 is 4.74 Å². The number of methoxy groups -OCH3 is 1. The maximum absolute atomic E-state index is 13.0. The van der Waals surface area contributed by atoms with Crippen LogP contribution in [0.25, 0.3) is 0 Å². The summed E-state index contributed by atoms with van der Waals surface area (Å²) in [6.07, 6.45) is 1.33. The molecule has 2 saturated heterocycles. The molecule has 7 heteroatoms. The second-order valence-electron chi connectivity index (χ2n) is 6.10. The van der Waals surface area contributed by atoms with Crippen LogP contribution in [0.4, 0.5) is 10.1 Å². The first-order valence-corrected chi connectivity index (χ1v) is 7.95. The molecule has 0 unspecified atom stereocenters. The molecule has 0 N–H and O–H groups in total. The number of anilines is 1. The van der Waals surface area contributed by atoms with E-state index in [-0.39, 0.29) is 30.1 Å². The molecule has 2 heterocycles. The maximum atomic E-state index is 13.0. The molecule has 128 valence electrons. The van der Waals surface area contributed by atoms with Crippen molar-refractivity contribution >= 4 is 23.5 Å². The summed E-state index contributed by atoms with van der Waals surface area (Å²) in [5, 5.41) is 0. The minimum absolute atomic E-state index is 0.110. The first kappa shape index (κ1) is 16.6. The van der Waals surface area contributed by atoms with Crippen molar-refractivity contribution < 1.29 is 23.5 Å². The average Bonchev–Trinajstić information content (AvgIpc) is 2.90. The molecule has 0 bridgehead atoms. The van der Waals surface area contributed by atoms with Crippen LogP contribution in [-0.2, 0) is 19.1 Å². The lowest BCUT2D eigenvalue weighted by Crippen LogP contribution is -2.46. The Morgan fingerprint density at radius 1 is 1.17 bits per heavy atom. The zero-order valence-electron chi connectivity index (χ0n) is 13.4. The van der Waals surface area contributed by atoms with Gasteiger partial charge >= 0.3 is 5.97 Å². The topological polar surface area (TPSA) is 66.9 Å². The molecule has 24 heavy (non-hydrogen) atoms. The molecular weight excluding hydrogens is 315 g/mol. The highest BCUT2D eigenvalue weighted by atomic mass is 19.1. The number of hydrogen-bond acceptors (Lipinski definition) is 5. The van der Waals surface area contributed by atoms with Gasteiger partial charge in [-0.15, -0.1) is 0 Å². The van der Waals surface area contributed by atoms with E-state index in [1.807, 2.05) is 4.90 Å². The SMILES string of the molecule is COC(=O)C1CCN([C@H]2CC(=O)N(c3ccc(F)cc3)C2=O)CC1. The fraction of sp³-hybridized carbons (Fsp3) is 0.471. The highest BCUT2D eigenvalue weighted by molar-refractivity contribution is 6.22. The van der Waals surface area contributed by atoms with Gasteiger partial charge in [-0.2, -0.15) is 0 Å². The van der Waals surface area contributed by atoms with E-state index in [1.54, 1.807) is 0 Å². The maximum Gasteiger partial charge on any atom is 0.308 e. The molecule has 2 amide bonds. The monoisotopic (exact) mass is 334 g/mol. The van der Waals surface area contributed by atoms with Gasteiger partial charge in [-0.25, -0.2) is 9.29 Å². The number of halogens is 1. The number of amides is 2. The predicted molar refractivity (Wildman–Crippen MR) is 83.6 cm³/mol. The molecule has 2 aliphatic heterocycles. The minimum Gasteiger partial charge on any atom is -0.469 e. The number of nitrogens with zero attached hydrogens (tertiary/aromatic N) is 2. The third kappa shape index (κ3) is 3.03. The normalized spacial score (nSPS) is 22.9. The molecule has 0 radical (unpaired) electrons. The standard InChI is InChI=1S/C17H19FN2O4/c1-24-17(23)11-6-8-19(9-7-11)14-10-15(21)20(16(14)22)13-4-2-12(18)3-5-13/h2-5,11,14H,6-10H2,1H3/t14-/m0/s1. The number of imide groups is 1. The number of likely N-dealkylation sites (tertiary alicyclic amines) is 1. The van der Waals surface area contributed by atoms with Crippen molar-refractivity contribution in [1.29, 1.82) is 0 Å². The predicted octanol–water partition coefficient (Wildman–Crippen LogP) is 1.34. The van der Waals surface area contributed by atoms with Gasteiger partial charge in [0, 0.05) is 0 Å². The Labute approximate surface area is 139 Å². The Balaban J connectivity index is 1.68. The van der Waals surface area contributed by atoms with E-state index in [4.69, 9.17) is 4.74 Å². The second kappa shape index (κ2) is 6.68. The molecular formula is C17H19FN2O4. The quantitative estimate of drug-likeness (QED) is 0.616. The number of hydrogen-bond donors (Lipinski definition) is 0. The van der Waals surface area contributed by atoms with Gasteiger partial charge in [-0.1, -0.05) is 0 Å². The van der Waals surface area contributed by atoms with Crippen LogP contribution < -0.4 is 4.90 Å². The lowest BCUT2D eigenvalue weighted by atomic mass is 9.95. The summed E-state index contributed by atoms with van der Waals surface area (Å²) in [4.78, 5) is 39.5. The van der Waals surface area contributed by atoms with E-state index in [0.29, 0.717) is 31.6 Å². The van der Waals surface area contributed by atoms with Gasteiger partial charge in [0.1, 0.15) is 5.82 Å². The summed E-state index contributed by atoms with van der Waals surface area (Å²) in [5.41, 5.74) is 0.387. The first-order valence-electron chi connectivity index (χ1n) is 7.95. The molecule has 1 atom stereocenters. The number of carbonyl (C=O) groups excluding carboxylic acids is 3. The fourth-order valence-corrected chi connectivity index (χ4v) is 3.38. The molecule has 0 aromatic heterocycles. The van der Waals surface area contributed by atoms with Crippen LogP contribution in [0.1, 0.15) is 19.3 Å². The zero-order chi connectivity index (χ0) is 17.3. The number of rotatable bonds is 3. The zero-order valence-corrected chi connectivity index (χ0v) is 13.4. The Morgan fingerprint density at radius 3 is 2.38 bits per heavy atom. The number of piperidine rings is 1. The van der Waals surface area contributed by atoms with Crippen molar-refractivity contribution in [3.63, 3.8) is 0 Å². The summed E-state index contributed by atoms with van der Waals surface area (Å²) in [6, 6.07) is 4.80. The number of benzene rings is 1. The van der Waals surface area contributed by atoms with Crippen molar-refractivity contribution in [2.24, 2.45) is 5.92 Å². The van der Waals surface area contributed by atoms with Crippen LogP contribution in [0.5, 0.6) is 0 Å². The molecule has 3 rings (SSSR count). The van der Waals surface area contributed by atoms with Crippen LogP contribution in [0.2, 0.25) is 0 Å². The minimum atomic E-state index is -0.513. The largest absolute Gasteiger partial charge is 0.469 e. The highest BCUT2D eigenvalue weighted by Gasteiger charge is 2.43. The van der Waals surface area contributed by atoms with E-state index in [9.17, 15) is 18.8 Å². The number of ether oxygens (including phenoxy) is 1. The number of carbonyl (C=O) groups is 3. The van der Waals surface area contributed by atoms with E-state index in [1.165, 1.54) is 31.4 Å². The Morgan fingerprint density at radius 2 is 1.79 bits per heavy atom. The molecule has 2 aliphatic rings. The lowest BCUT2D eigenvalue weighted by Gasteiger charge is -2.33. The van der Waals surface area contributed by atoms with E-state index < -0.39 is 11.9 Å². The summed E-state index contributed by atoms with van der Waals surface area (Å²) in [6.45, 7) is 1.14. The molecule has 2 fully saturated rings. The second-order valence-corrected chi connectivity index (χ2v) is 6.10. The van der Waals surface area contributed by atoms with Crippen molar-refractivity contribution in [3.8, 4) is 0 Å². The van der Waals surface area contributed by atoms with Crippen LogP contribution in [0.3, 0.4) is 0 Å². The van der Waals surface area contributed by atoms with E-state index in [2.05, 4.69) is 0 Å². The van der Waals surface area contributed by atoms with Gasteiger partial charge in [0.2, 0.25) is 5.91 Å². The van der Waals surface area contributed by atoms with E-state index in [0.717, 1.165) is 4.90 Å². The fourth-order valence-electron chi connectivity index (χ4n) is 3.38. The summed E-state index contributed by atoms with van der Waals surface area (Å²) in [5.74, 6) is -1.36.